The molecule has 0 bridgehead atoms. The van der Waals surface area contributed by atoms with E-state index in [4.69, 9.17) is 10.5 Å². The van der Waals surface area contributed by atoms with Crippen molar-refractivity contribution in [3.8, 4) is 0 Å². The highest BCUT2D eigenvalue weighted by molar-refractivity contribution is 4.96. The van der Waals surface area contributed by atoms with Crippen LogP contribution in [0.2, 0.25) is 0 Å². The van der Waals surface area contributed by atoms with Gasteiger partial charge in [-0.05, 0) is 31.7 Å². The Bertz CT molecular complexity index is 245. The molecule has 114 valence electrons. The van der Waals surface area contributed by atoms with E-state index < -0.39 is 0 Å². The average molecular weight is 270 g/mol. The zero-order chi connectivity index (χ0) is 14.3. The zero-order valence-electron chi connectivity index (χ0n) is 13.5. The molecule has 1 aliphatic rings. The van der Waals surface area contributed by atoms with Crippen molar-refractivity contribution in [1.29, 1.82) is 0 Å². The molecule has 3 heteroatoms. The molecular formula is C16H34N2O. The standard InChI is InChI=1S/C16H34N2O/c1-5-8-15-11-16(13-17,9-10-19-15)18(7-3)12-14(4)6-2/h14-15H,5-13,17H2,1-4H3. The SMILES string of the molecule is CCCC1CC(CN)(N(CC)CC(C)CC)CCO1. The van der Waals surface area contributed by atoms with Gasteiger partial charge in [-0.15, -0.1) is 0 Å². The third-order valence-electron chi connectivity index (χ3n) is 4.80. The Morgan fingerprint density at radius 3 is 2.63 bits per heavy atom. The highest BCUT2D eigenvalue weighted by Gasteiger charge is 2.40. The van der Waals surface area contributed by atoms with E-state index in [1.165, 1.54) is 25.8 Å². The molecule has 0 saturated carbocycles. The van der Waals surface area contributed by atoms with Crippen LogP contribution in [0, 0.1) is 5.92 Å². The summed E-state index contributed by atoms with van der Waals surface area (Å²) in [6, 6.07) is 0. The summed E-state index contributed by atoms with van der Waals surface area (Å²) >= 11 is 0. The largest absolute Gasteiger partial charge is 0.378 e. The molecule has 1 heterocycles. The first kappa shape index (κ1) is 16.9. The van der Waals surface area contributed by atoms with Crippen LogP contribution in [0.4, 0.5) is 0 Å². The maximum Gasteiger partial charge on any atom is 0.0593 e. The Balaban J connectivity index is 2.75. The lowest BCUT2D eigenvalue weighted by atomic mass is 9.83. The monoisotopic (exact) mass is 270 g/mol. The Morgan fingerprint density at radius 1 is 1.37 bits per heavy atom. The molecule has 1 saturated heterocycles. The summed E-state index contributed by atoms with van der Waals surface area (Å²) in [4.78, 5) is 2.63. The predicted octanol–water partition coefficient (Wildman–Crippen LogP) is 3.03. The smallest absolute Gasteiger partial charge is 0.0593 e. The van der Waals surface area contributed by atoms with E-state index in [0.717, 1.165) is 38.5 Å². The third kappa shape index (κ3) is 4.44. The predicted molar refractivity (Wildman–Crippen MR) is 82.4 cm³/mol. The fourth-order valence-corrected chi connectivity index (χ4v) is 3.27. The molecule has 0 radical (unpaired) electrons. The summed E-state index contributed by atoms with van der Waals surface area (Å²) < 4.78 is 5.92. The van der Waals surface area contributed by atoms with Crippen LogP contribution >= 0.6 is 0 Å². The summed E-state index contributed by atoms with van der Waals surface area (Å²) in [6.45, 7) is 13.0. The second-order valence-electron chi connectivity index (χ2n) is 6.22. The van der Waals surface area contributed by atoms with Crippen molar-refractivity contribution >= 4 is 0 Å². The third-order valence-corrected chi connectivity index (χ3v) is 4.80. The highest BCUT2D eigenvalue weighted by atomic mass is 16.5. The maximum absolute atomic E-state index is 6.19. The molecule has 2 N–H and O–H groups in total. The molecule has 3 unspecified atom stereocenters. The Kier molecular flexibility index (Phi) is 7.33. The lowest BCUT2D eigenvalue weighted by molar-refractivity contribution is -0.0757. The quantitative estimate of drug-likeness (QED) is 0.737. The van der Waals surface area contributed by atoms with Gasteiger partial charge in [0.25, 0.3) is 0 Å². The Hall–Kier alpha value is -0.120. The van der Waals surface area contributed by atoms with E-state index in [1.807, 2.05) is 0 Å². The molecule has 1 fully saturated rings. The minimum Gasteiger partial charge on any atom is -0.378 e. The lowest BCUT2D eigenvalue weighted by Gasteiger charge is -2.48. The van der Waals surface area contributed by atoms with E-state index in [1.54, 1.807) is 0 Å². The molecule has 0 amide bonds. The minimum atomic E-state index is 0.177. The van der Waals surface area contributed by atoms with Gasteiger partial charge in [0.2, 0.25) is 0 Å². The number of ether oxygens (including phenoxy) is 1. The Morgan fingerprint density at radius 2 is 2.11 bits per heavy atom. The molecule has 3 nitrogen and oxygen atoms in total. The van der Waals surface area contributed by atoms with Crippen molar-refractivity contribution in [2.45, 2.75) is 71.4 Å². The molecule has 1 rings (SSSR count). The molecule has 0 aromatic carbocycles. The molecule has 1 aliphatic heterocycles. The zero-order valence-corrected chi connectivity index (χ0v) is 13.5. The van der Waals surface area contributed by atoms with Gasteiger partial charge in [-0.25, -0.2) is 0 Å². The van der Waals surface area contributed by atoms with E-state index in [2.05, 4.69) is 32.6 Å². The highest BCUT2D eigenvalue weighted by Crippen LogP contribution is 2.32. The van der Waals surface area contributed by atoms with Crippen LogP contribution in [0.15, 0.2) is 0 Å². The fraction of sp³-hybridized carbons (Fsp3) is 1.00. The van der Waals surface area contributed by atoms with Crippen LogP contribution < -0.4 is 5.73 Å². The van der Waals surface area contributed by atoms with Crippen molar-refractivity contribution in [2.24, 2.45) is 11.7 Å². The summed E-state index contributed by atoms with van der Waals surface area (Å²) in [7, 11) is 0. The second-order valence-corrected chi connectivity index (χ2v) is 6.22. The second kappa shape index (κ2) is 8.23. The van der Waals surface area contributed by atoms with Gasteiger partial charge in [-0.1, -0.05) is 40.5 Å². The van der Waals surface area contributed by atoms with Crippen LogP contribution in [0.5, 0.6) is 0 Å². The van der Waals surface area contributed by atoms with E-state index in [-0.39, 0.29) is 5.54 Å². The molecule has 3 atom stereocenters. The van der Waals surface area contributed by atoms with Gasteiger partial charge in [-0.2, -0.15) is 0 Å². The van der Waals surface area contributed by atoms with Crippen LogP contribution in [0.1, 0.15) is 59.8 Å². The van der Waals surface area contributed by atoms with Gasteiger partial charge in [-0.3, -0.25) is 4.90 Å². The van der Waals surface area contributed by atoms with E-state index in [9.17, 15) is 0 Å². The first-order valence-corrected chi connectivity index (χ1v) is 8.18. The molecule has 0 aliphatic carbocycles. The summed E-state index contributed by atoms with van der Waals surface area (Å²) in [5.74, 6) is 0.746. The number of nitrogens with zero attached hydrogens (tertiary/aromatic N) is 1. The van der Waals surface area contributed by atoms with Crippen molar-refractivity contribution in [3.05, 3.63) is 0 Å². The molecule has 0 aromatic rings. The summed E-state index contributed by atoms with van der Waals surface area (Å²) in [6.07, 6.45) is 6.22. The Labute approximate surface area is 119 Å². The van der Waals surface area contributed by atoms with Crippen LogP contribution in [0.25, 0.3) is 0 Å². The topological polar surface area (TPSA) is 38.5 Å². The van der Waals surface area contributed by atoms with Crippen molar-refractivity contribution < 1.29 is 4.74 Å². The van der Waals surface area contributed by atoms with Crippen LogP contribution in [-0.4, -0.2) is 42.8 Å². The van der Waals surface area contributed by atoms with Crippen LogP contribution in [0.3, 0.4) is 0 Å². The molecule has 19 heavy (non-hydrogen) atoms. The first-order chi connectivity index (χ1) is 9.11. The fourth-order valence-electron chi connectivity index (χ4n) is 3.27. The first-order valence-electron chi connectivity index (χ1n) is 8.18. The van der Waals surface area contributed by atoms with Gasteiger partial charge in [0.05, 0.1) is 6.10 Å². The number of hydrogen-bond donors (Lipinski definition) is 1. The molecular weight excluding hydrogens is 236 g/mol. The van der Waals surface area contributed by atoms with Gasteiger partial charge < -0.3 is 10.5 Å². The number of hydrogen-bond acceptors (Lipinski definition) is 3. The molecule has 0 aromatic heterocycles. The maximum atomic E-state index is 6.19. The van der Waals surface area contributed by atoms with Crippen molar-refractivity contribution in [2.75, 3.05) is 26.2 Å². The van der Waals surface area contributed by atoms with Gasteiger partial charge in [0, 0.05) is 25.2 Å². The van der Waals surface area contributed by atoms with Crippen LogP contribution in [-0.2, 0) is 4.74 Å². The number of nitrogens with two attached hydrogens (primary N) is 1. The minimum absolute atomic E-state index is 0.177. The lowest BCUT2D eigenvalue weighted by Crippen LogP contribution is -2.59. The van der Waals surface area contributed by atoms with Gasteiger partial charge in [0.15, 0.2) is 0 Å². The van der Waals surface area contributed by atoms with Gasteiger partial charge in [0.1, 0.15) is 0 Å². The van der Waals surface area contributed by atoms with Gasteiger partial charge >= 0.3 is 0 Å². The van der Waals surface area contributed by atoms with E-state index >= 15 is 0 Å². The average Bonchev–Trinajstić information content (AvgIpc) is 2.44. The number of likely N-dealkylation sites (N-methyl/N-ethyl adjacent to an activating group) is 1. The van der Waals surface area contributed by atoms with Crippen molar-refractivity contribution in [1.82, 2.24) is 4.90 Å². The summed E-state index contributed by atoms with van der Waals surface area (Å²) in [5, 5.41) is 0. The van der Waals surface area contributed by atoms with E-state index in [0.29, 0.717) is 6.10 Å². The van der Waals surface area contributed by atoms with Crippen molar-refractivity contribution in [3.63, 3.8) is 0 Å². The normalized spacial score (nSPS) is 29.7. The summed E-state index contributed by atoms with van der Waals surface area (Å²) in [5.41, 5.74) is 6.37. The molecule has 0 spiro atoms. The number of rotatable bonds is 8.